The van der Waals surface area contributed by atoms with Gasteiger partial charge in [-0.25, -0.2) is 4.57 Å². The van der Waals surface area contributed by atoms with Crippen molar-refractivity contribution in [3.63, 3.8) is 0 Å². The molecular formula is C92H171O25P. The number of phosphoric acid groups is 1. The summed E-state index contributed by atoms with van der Waals surface area (Å²) in [4.78, 5) is 66.5. The molecule has 2 saturated heterocycles. The minimum Gasteiger partial charge on any atom is -0.463 e. The number of hydrogen-bond donors (Lipinski definition) is 10. The Labute approximate surface area is 712 Å². The number of esters is 4. The normalized spacial score (nSPS) is 24.9. The lowest BCUT2D eigenvalue weighted by Crippen LogP contribution is -2.70. The smallest absolute Gasteiger partial charge is 0.463 e. The first-order valence-corrected chi connectivity index (χ1v) is 49.4. The van der Waals surface area contributed by atoms with E-state index >= 15 is 0 Å². The van der Waals surface area contributed by atoms with Gasteiger partial charge in [-0.05, 0) is 51.4 Å². The third-order valence-corrected chi connectivity index (χ3v) is 24.5. The predicted octanol–water partition coefficient (Wildman–Crippen LogP) is 17.9. The first-order valence-electron chi connectivity index (χ1n) is 47.9. The minimum atomic E-state index is -5.81. The third-order valence-electron chi connectivity index (χ3n) is 23.5. The fourth-order valence-corrected chi connectivity index (χ4v) is 16.9. The van der Waals surface area contributed by atoms with Gasteiger partial charge in [-0.15, -0.1) is 0 Å². The highest BCUT2D eigenvalue weighted by Gasteiger charge is 2.60. The van der Waals surface area contributed by atoms with Crippen LogP contribution >= 0.6 is 7.82 Å². The second-order valence-corrected chi connectivity index (χ2v) is 35.6. The van der Waals surface area contributed by atoms with E-state index in [9.17, 15) is 74.6 Å². The number of rotatable bonds is 78. The highest BCUT2D eigenvalue weighted by atomic mass is 31.2. The molecular weight excluding hydrogens is 1540 g/mol. The third kappa shape index (κ3) is 51.0. The number of aliphatic hydroxyl groups excluding tert-OH is 9. The van der Waals surface area contributed by atoms with Gasteiger partial charge in [0.2, 0.25) is 0 Å². The fraction of sp³-hybridized carbons (Fsp3) is 0.935. The van der Waals surface area contributed by atoms with Gasteiger partial charge in [0.1, 0.15) is 92.6 Å². The zero-order valence-electron chi connectivity index (χ0n) is 74.0. The lowest BCUT2D eigenvalue weighted by molar-refractivity contribution is -0.360. The highest BCUT2D eigenvalue weighted by molar-refractivity contribution is 7.47. The predicted molar refractivity (Wildman–Crippen MR) is 458 cm³/mol. The Hall–Kier alpha value is -2.79. The molecule has 0 bridgehead atoms. The maximum atomic E-state index is 14.9. The molecule has 118 heavy (non-hydrogen) atoms. The number of unbranched alkanes of at least 4 members (excludes halogenated alkanes) is 52. The van der Waals surface area contributed by atoms with Crippen molar-refractivity contribution in [2.24, 2.45) is 0 Å². The minimum absolute atomic E-state index is 0.0187. The molecule has 2 heterocycles. The summed E-state index contributed by atoms with van der Waals surface area (Å²) in [5.74, 6) is -2.97. The van der Waals surface area contributed by atoms with Crippen LogP contribution < -0.4 is 0 Å². The van der Waals surface area contributed by atoms with Crippen LogP contribution in [0.3, 0.4) is 0 Å². The summed E-state index contributed by atoms with van der Waals surface area (Å²) in [5.41, 5.74) is 0. The summed E-state index contributed by atoms with van der Waals surface area (Å²) < 4.78 is 73.5. The van der Waals surface area contributed by atoms with E-state index in [1.807, 2.05) is 0 Å². The van der Waals surface area contributed by atoms with E-state index in [4.69, 9.17) is 46.9 Å². The van der Waals surface area contributed by atoms with E-state index in [2.05, 4.69) is 39.8 Å². The van der Waals surface area contributed by atoms with E-state index in [1.165, 1.54) is 205 Å². The van der Waals surface area contributed by atoms with Gasteiger partial charge in [-0.1, -0.05) is 354 Å². The molecule has 10 N–H and O–H groups in total. The van der Waals surface area contributed by atoms with Crippen molar-refractivity contribution < 1.29 is 122 Å². The number of allylic oxidation sites excluding steroid dienone is 2. The molecule has 0 aromatic rings. The number of hydrogen-bond acceptors (Lipinski definition) is 24. The molecule has 0 spiro atoms. The largest absolute Gasteiger partial charge is 0.472 e. The van der Waals surface area contributed by atoms with Gasteiger partial charge >= 0.3 is 31.7 Å². The van der Waals surface area contributed by atoms with Crippen LogP contribution in [-0.4, -0.2) is 205 Å². The Bertz CT molecular complexity index is 2500. The molecule has 0 aromatic heterocycles. The van der Waals surface area contributed by atoms with Gasteiger partial charge in [0, 0.05) is 25.7 Å². The molecule has 0 amide bonds. The van der Waals surface area contributed by atoms with Crippen LogP contribution in [-0.2, 0) is 70.7 Å². The lowest BCUT2D eigenvalue weighted by Gasteiger charge is -2.50. The second kappa shape index (κ2) is 71.4. The summed E-state index contributed by atoms with van der Waals surface area (Å²) in [5, 5.41) is 102. The van der Waals surface area contributed by atoms with E-state index in [0.29, 0.717) is 38.5 Å². The number of phosphoric ester groups is 1. The number of carbonyl (C=O) groups is 4. The number of carbonyl (C=O) groups excluding carboxylic acids is 4. The molecule has 0 aromatic carbocycles. The molecule has 2 aliphatic heterocycles. The molecule has 1 aliphatic carbocycles. The number of ether oxygens (including phenoxy) is 8. The van der Waals surface area contributed by atoms with Crippen LogP contribution in [0.25, 0.3) is 0 Å². The summed E-state index contributed by atoms with van der Waals surface area (Å²) in [6.07, 6.45) is 30.5. The monoisotopic (exact) mass is 1710 g/mol. The summed E-state index contributed by atoms with van der Waals surface area (Å²) in [6.45, 7) is 5.61. The summed E-state index contributed by atoms with van der Waals surface area (Å²) in [6, 6.07) is 0. The fourth-order valence-electron chi connectivity index (χ4n) is 15.9. The van der Waals surface area contributed by atoms with Crippen LogP contribution in [0.5, 0.6) is 0 Å². The summed E-state index contributed by atoms with van der Waals surface area (Å²) in [7, 11) is -5.81. The SMILES string of the molecule is CCCCCCCC/C=C\CCCCCC(=O)OC(COC(=O)CCCCCCCCCCCCCCCCC)COP(=O)(O)OC1C(OC2OC(CO)C(O)C(O)C2O)C(O)C(O)C(OC(=O)CCCCCCCCCCCCCCCCC)C1OC1OC(COC(=O)CCCCCCCCCCCCCCCCCC)C(O)C(O)C1O. The zero-order chi connectivity index (χ0) is 86.1. The first-order chi connectivity index (χ1) is 57.2. The average Bonchev–Trinajstić information content (AvgIpc) is 0.754. The Balaban J connectivity index is 1.91. The molecule has 3 fully saturated rings. The van der Waals surface area contributed by atoms with Gasteiger partial charge in [0.25, 0.3) is 0 Å². The van der Waals surface area contributed by atoms with E-state index < -0.39 is 162 Å². The van der Waals surface area contributed by atoms with Crippen molar-refractivity contribution in [3.05, 3.63) is 12.2 Å². The molecule has 0 radical (unpaired) electrons. The van der Waals surface area contributed by atoms with Crippen LogP contribution in [0.1, 0.15) is 419 Å². The Morgan fingerprint density at radius 1 is 0.331 bits per heavy atom. The van der Waals surface area contributed by atoms with Gasteiger partial charge in [0.05, 0.1) is 13.2 Å². The van der Waals surface area contributed by atoms with E-state index in [-0.39, 0.29) is 25.7 Å². The van der Waals surface area contributed by atoms with Gasteiger partial charge < -0.3 is 88.7 Å². The lowest BCUT2D eigenvalue weighted by atomic mass is 9.84. The van der Waals surface area contributed by atoms with Gasteiger partial charge in [-0.3, -0.25) is 28.2 Å². The zero-order valence-corrected chi connectivity index (χ0v) is 74.9. The molecule has 18 unspecified atom stereocenters. The first kappa shape index (κ1) is 109. The second-order valence-electron chi connectivity index (χ2n) is 34.2. The maximum absolute atomic E-state index is 14.9. The molecule has 18 atom stereocenters. The maximum Gasteiger partial charge on any atom is 0.472 e. The van der Waals surface area contributed by atoms with Gasteiger partial charge in [-0.2, -0.15) is 0 Å². The Morgan fingerprint density at radius 2 is 0.636 bits per heavy atom. The van der Waals surface area contributed by atoms with Crippen molar-refractivity contribution >= 4 is 31.7 Å². The molecule has 3 rings (SSSR count). The van der Waals surface area contributed by atoms with Crippen LogP contribution in [0.2, 0.25) is 0 Å². The molecule has 25 nitrogen and oxygen atoms in total. The summed E-state index contributed by atoms with van der Waals surface area (Å²) >= 11 is 0. The van der Waals surface area contributed by atoms with Gasteiger partial charge in [0.15, 0.2) is 24.8 Å². The topological polar surface area (TPSA) is 380 Å². The molecule has 1 saturated carbocycles. The van der Waals surface area contributed by atoms with Crippen molar-refractivity contribution in [2.75, 3.05) is 26.4 Å². The van der Waals surface area contributed by atoms with Crippen molar-refractivity contribution in [1.29, 1.82) is 0 Å². The Kier molecular flexibility index (Phi) is 66.2. The van der Waals surface area contributed by atoms with Crippen LogP contribution in [0.4, 0.5) is 0 Å². The van der Waals surface area contributed by atoms with Crippen molar-refractivity contribution in [2.45, 2.75) is 524 Å². The Morgan fingerprint density at radius 3 is 1.02 bits per heavy atom. The molecule has 3 aliphatic rings. The highest BCUT2D eigenvalue weighted by Crippen LogP contribution is 2.49. The molecule has 26 heteroatoms. The van der Waals surface area contributed by atoms with E-state index in [0.717, 1.165) is 122 Å². The van der Waals surface area contributed by atoms with Crippen molar-refractivity contribution in [3.8, 4) is 0 Å². The number of aliphatic hydroxyl groups is 9. The van der Waals surface area contributed by atoms with Crippen LogP contribution in [0.15, 0.2) is 12.2 Å². The average molecular weight is 1710 g/mol. The van der Waals surface area contributed by atoms with Crippen molar-refractivity contribution in [1.82, 2.24) is 0 Å². The standard InChI is InChI=1S/C92H171O25P/c1-5-9-13-17-21-25-29-33-36-39-42-45-49-53-57-61-65-76(95)109-71-74-80(99)82(101)86(105)92(113-74)116-89-87(114-78(97)67-63-59-55-51-47-43-38-35-31-27-23-19-15-11-7-3)83(102)84(103)88(115-91-85(104)81(100)79(98)73(68-93)112-91)90(89)117-118(106,107)110-70-72(111-77(96)66-62-58-54-50-46-40-32-28-24-20-16-12-8-4)69-108-75(94)64-60-56-52-48-44-41-37-34-30-26-22-18-14-10-6-2/h40,46,72-74,79-93,98-105H,5-39,41-45,47-71H2,1-4H3,(H,106,107)/b46-40-. The van der Waals surface area contributed by atoms with Crippen LogP contribution in [0, 0.1) is 0 Å². The molecule has 694 valence electrons. The quantitative estimate of drug-likeness (QED) is 0.00889. The van der Waals surface area contributed by atoms with E-state index in [1.54, 1.807) is 0 Å².